The van der Waals surface area contributed by atoms with Crippen molar-refractivity contribution in [2.75, 3.05) is 11.4 Å². The van der Waals surface area contributed by atoms with Gasteiger partial charge in [0.15, 0.2) is 0 Å². The highest BCUT2D eigenvalue weighted by atomic mass is 16.2. The van der Waals surface area contributed by atoms with Crippen LogP contribution in [-0.4, -0.2) is 22.9 Å². The summed E-state index contributed by atoms with van der Waals surface area (Å²) < 4.78 is 1.61. The molecule has 0 spiro atoms. The van der Waals surface area contributed by atoms with E-state index < -0.39 is 0 Å². The zero-order valence-corrected chi connectivity index (χ0v) is 22.6. The molecule has 0 saturated carbocycles. The number of hydrogen-bond donors (Lipinski definition) is 0. The van der Waals surface area contributed by atoms with Crippen molar-refractivity contribution in [2.45, 2.75) is 26.2 Å². The van der Waals surface area contributed by atoms with Crippen LogP contribution in [-0.2, 0) is 4.79 Å². The molecular weight excluding hydrogens is 504 g/mol. The Morgan fingerprint density at radius 3 is 2.17 bits per heavy atom. The van der Waals surface area contributed by atoms with Gasteiger partial charge >= 0.3 is 0 Å². The summed E-state index contributed by atoms with van der Waals surface area (Å²) in [5, 5.41) is 1.56. The minimum Gasteiger partial charge on any atom is -0.312 e. The molecule has 0 fully saturated rings. The van der Waals surface area contributed by atoms with E-state index in [1.807, 2.05) is 24.3 Å². The van der Waals surface area contributed by atoms with Crippen LogP contribution in [0.25, 0.3) is 21.8 Å². The summed E-state index contributed by atoms with van der Waals surface area (Å²) in [4.78, 5) is 26.6. The molecule has 1 amide bonds. The van der Waals surface area contributed by atoms with Gasteiger partial charge in [-0.05, 0) is 59.9 Å². The van der Waals surface area contributed by atoms with Crippen molar-refractivity contribution < 1.29 is 9.59 Å². The van der Waals surface area contributed by atoms with Gasteiger partial charge in [0, 0.05) is 77.0 Å². The Kier molecular flexibility index (Phi) is 6.88. The van der Waals surface area contributed by atoms with Gasteiger partial charge < -0.3 is 4.90 Å². The third-order valence-electron chi connectivity index (χ3n) is 7.17. The van der Waals surface area contributed by atoms with Crippen molar-refractivity contribution in [2.24, 2.45) is 0 Å². The summed E-state index contributed by atoms with van der Waals surface area (Å²) in [6.07, 6.45) is 23.3. The van der Waals surface area contributed by atoms with Gasteiger partial charge in [0.25, 0.3) is 0 Å². The standard InChI is InChI=1S/C37H22N2O2/c1-7-13-31-23-38(24(5)40)35-22-29(28(10-4)21-32(31)35)14-11-12-15-30-18-27(9-3)20-36-37(30)33-19-26(8-2)16-17-34(33)39(36)25(6)41/h1-4,16-22,31H,13,23H2,5-6H3/t31-/m0/s1. The van der Waals surface area contributed by atoms with Crippen LogP contribution in [0.2, 0.25) is 0 Å². The van der Waals surface area contributed by atoms with Gasteiger partial charge in [0.05, 0.1) is 11.0 Å². The predicted octanol–water partition coefficient (Wildman–Crippen LogP) is 5.28. The highest BCUT2D eigenvalue weighted by Gasteiger charge is 2.31. The van der Waals surface area contributed by atoms with Crippen molar-refractivity contribution in [1.29, 1.82) is 0 Å². The Balaban J connectivity index is 1.66. The largest absolute Gasteiger partial charge is 0.312 e. The first-order valence-electron chi connectivity index (χ1n) is 12.8. The number of anilines is 1. The molecule has 0 bridgehead atoms. The zero-order valence-electron chi connectivity index (χ0n) is 22.6. The van der Waals surface area contributed by atoms with Crippen molar-refractivity contribution in [1.82, 2.24) is 4.57 Å². The molecule has 4 nitrogen and oxygen atoms in total. The van der Waals surface area contributed by atoms with E-state index in [-0.39, 0.29) is 17.7 Å². The normalized spacial score (nSPS) is 13.0. The summed E-state index contributed by atoms with van der Waals surface area (Å²) in [5.74, 6) is 22.5. The second kappa shape index (κ2) is 10.6. The van der Waals surface area contributed by atoms with Crippen LogP contribution in [0.1, 0.15) is 64.4 Å². The summed E-state index contributed by atoms with van der Waals surface area (Å²) in [6, 6.07) is 12.8. The van der Waals surface area contributed by atoms with Crippen LogP contribution in [0.15, 0.2) is 42.5 Å². The monoisotopic (exact) mass is 526 g/mol. The Morgan fingerprint density at radius 2 is 1.54 bits per heavy atom. The van der Waals surface area contributed by atoms with Gasteiger partial charge in [-0.1, -0.05) is 29.6 Å². The molecule has 1 aromatic heterocycles. The van der Waals surface area contributed by atoms with Crippen molar-refractivity contribution in [3.63, 3.8) is 0 Å². The third-order valence-corrected chi connectivity index (χ3v) is 7.17. The average molecular weight is 527 g/mol. The third kappa shape index (κ3) is 4.59. The Labute approximate surface area is 239 Å². The van der Waals surface area contributed by atoms with Crippen LogP contribution in [0.5, 0.6) is 0 Å². The van der Waals surface area contributed by atoms with E-state index in [2.05, 4.69) is 47.4 Å². The lowest BCUT2D eigenvalue weighted by Gasteiger charge is -2.15. The maximum absolute atomic E-state index is 12.6. The van der Waals surface area contributed by atoms with Crippen molar-refractivity contribution in [3.8, 4) is 73.1 Å². The quantitative estimate of drug-likeness (QED) is 0.317. The van der Waals surface area contributed by atoms with Gasteiger partial charge in [-0.15, -0.1) is 31.6 Å². The number of rotatable bonds is 1. The van der Waals surface area contributed by atoms with Crippen LogP contribution in [0.3, 0.4) is 0 Å². The van der Waals surface area contributed by atoms with Gasteiger partial charge in [-0.3, -0.25) is 14.2 Å². The molecule has 2 heterocycles. The Hall–Kier alpha value is -6.04. The number of aromatic nitrogens is 1. The lowest BCUT2D eigenvalue weighted by Crippen LogP contribution is -2.27. The number of nitrogens with zero attached hydrogens (tertiary/aromatic N) is 2. The maximum Gasteiger partial charge on any atom is 0.228 e. The first-order valence-corrected chi connectivity index (χ1v) is 12.8. The lowest BCUT2D eigenvalue weighted by atomic mass is 9.94. The molecule has 0 radical (unpaired) electrons. The predicted molar refractivity (Wildman–Crippen MR) is 164 cm³/mol. The SMILES string of the molecule is C#CC[C@H]1CN(C(C)=O)c2cc(C#CC#Cc3cc(C#C)cc4c3c3cc(C#C)ccc3n4C(C)=O)c(C#C)cc21. The van der Waals surface area contributed by atoms with E-state index in [1.54, 1.807) is 27.7 Å². The van der Waals surface area contributed by atoms with Crippen molar-refractivity contribution >= 4 is 39.3 Å². The van der Waals surface area contributed by atoms with E-state index in [0.717, 1.165) is 22.0 Å². The summed E-state index contributed by atoms with van der Waals surface area (Å²) in [7, 11) is 0. The fourth-order valence-corrected chi connectivity index (χ4v) is 5.38. The van der Waals surface area contributed by atoms with Crippen molar-refractivity contribution in [3.05, 3.63) is 75.8 Å². The van der Waals surface area contributed by atoms with Crippen LogP contribution in [0.4, 0.5) is 5.69 Å². The minimum absolute atomic E-state index is 0.0192. The number of hydrogen-bond acceptors (Lipinski definition) is 2. The molecule has 4 heteroatoms. The van der Waals surface area contributed by atoms with Gasteiger partial charge in [0.1, 0.15) is 0 Å². The van der Waals surface area contributed by atoms with E-state index in [0.29, 0.717) is 51.8 Å². The maximum atomic E-state index is 12.6. The molecule has 1 aliphatic heterocycles. The second-order valence-electron chi connectivity index (χ2n) is 9.63. The molecule has 0 aliphatic carbocycles. The van der Waals surface area contributed by atoms with Gasteiger partial charge in [-0.25, -0.2) is 0 Å². The van der Waals surface area contributed by atoms with Crippen LogP contribution < -0.4 is 4.90 Å². The molecule has 192 valence electrons. The molecule has 0 N–H and O–H groups in total. The topological polar surface area (TPSA) is 42.3 Å². The first kappa shape index (κ1) is 26.6. The molecule has 3 aromatic carbocycles. The number of amides is 1. The van der Waals surface area contributed by atoms with E-state index >= 15 is 0 Å². The Morgan fingerprint density at radius 1 is 0.805 bits per heavy atom. The molecule has 5 rings (SSSR count). The fraction of sp³-hybridized carbons (Fsp3) is 0.135. The number of benzene rings is 3. The molecular formula is C37H22N2O2. The Bertz CT molecular complexity index is 2120. The highest BCUT2D eigenvalue weighted by Crippen LogP contribution is 2.40. The smallest absolute Gasteiger partial charge is 0.228 e. The van der Waals surface area contributed by atoms with E-state index in [4.69, 9.17) is 25.7 Å². The minimum atomic E-state index is -0.158. The van der Waals surface area contributed by atoms with E-state index in [9.17, 15) is 9.59 Å². The van der Waals surface area contributed by atoms with E-state index in [1.165, 1.54) is 13.8 Å². The summed E-state index contributed by atoms with van der Waals surface area (Å²) >= 11 is 0. The number of terminal acetylenes is 4. The molecule has 41 heavy (non-hydrogen) atoms. The average Bonchev–Trinajstić information content (AvgIpc) is 3.49. The number of carbonyl (C=O) groups excluding carboxylic acids is 2. The summed E-state index contributed by atoms with van der Waals surface area (Å²) in [5.41, 5.74) is 6.14. The molecule has 4 aromatic rings. The first-order chi connectivity index (χ1) is 19.8. The molecule has 0 saturated heterocycles. The summed E-state index contributed by atoms with van der Waals surface area (Å²) in [6.45, 7) is 3.52. The number of fused-ring (bicyclic) bond motifs is 4. The zero-order chi connectivity index (χ0) is 29.3. The highest BCUT2D eigenvalue weighted by molar-refractivity contribution is 6.16. The fourth-order valence-electron chi connectivity index (χ4n) is 5.38. The van der Waals surface area contributed by atoms with Gasteiger partial charge in [-0.2, -0.15) is 0 Å². The van der Waals surface area contributed by atoms with Crippen LogP contribution >= 0.6 is 0 Å². The second-order valence-corrected chi connectivity index (χ2v) is 9.63. The molecule has 1 aliphatic rings. The number of carbonyl (C=O) groups is 2. The lowest BCUT2D eigenvalue weighted by molar-refractivity contribution is -0.116. The van der Waals surface area contributed by atoms with Crippen LogP contribution in [0, 0.1) is 73.1 Å². The molecule has 1 atom stereocenters. The molecule has 0 unspecified atom stereocenters. The van der Waals surface area contributed by atoms with Gasteiger partial charge in [0.2, 0.25) is 11.8 Å².